The topological polar surface area (TPSA) is 88.1 Å². The van der Waals surface area contributed by atoms with Crippen LogP contribution in [-0.2, 0) is 14.9 Å². The highest BCUT2D eigenvalue weighted by Crippen LogP contribution is 2.39. The number of halogens is 1. The highest BCUT2D eigenvalue weighted by Gasteiger charge is 2.45. The Bertz CT molecular complexity index is 1010. The standard InChI is InChI=1S/C24H28ClN3O3/c1-4-5-8-18(17-9-6-7-10-19(17)25)22-27-15-20(28-22)21(29)24(2,23(30)31-3)16-11-13-26-14-12-16/h6-7,9-15,18,21,29H,4-5,8H2,1-3H3,(H,27,28). The van der Waals surface area contributed by atoms with Crippen molar-refractivity contribution in [2.75, 3.05) is 7.11 Å². The summed E-state index contributed by atoms with van der Waals surface area (Å²) in [6.07, 6.45) is 6.46. The lowest BCUT2D eigenvalue weighted by Gasteiger charge is -2.31. The molecule has 0 fully saturated rings. The highest BCUT2D eigenvalue weighted by molar-refractivity contribution is 6.31. The number of aliphatic hydroxyl groups excluding tert-OH is 1. The van der Waals surface area contributed by atoms with Crippen molar-refractivity contribution in [1.82, 2.24) is 15.0 Å². The zero-order valence-corrected chi connectivity index (χ0v) is 18.8. The van der Waals surface area contributed by atoms with Crippen LogP contribution in [0.2, 0.25) is 5.02 Å². The summed E-state index contributed by atoms with van der Waals surface area (Å²) in [5.74, 6) is 0.119. The maximum Gasteiger partial charge on any atom is 0.319 e. The summed E-state index contributed by atoms with van der Waals surface area (Å²) in [5.41, 5.74) is 0.697. The molecule has 1 aromatic carbocycles. The molecule has 31 heavy (non-hydrogen) atoms. The Morgan fingerprint density at radius 3 is 2.61 bits per heavy atom. The maximum absolute atomic E-state index is 12.7. The summed E-state index contributed by atoms with van der Waals surface area (Å²) in [7, 11) is 1.31. The van der Waals surface area contributed by atoms with Crippen LogP contribution in [0.4, 0.5) is 0 Å². The Labute approximate surface area is 187 Å². The van der Waals surface area contributed by atoms with Crippen molar-refractivity contribution in [1.29, 1.82) is 0 Å². The zero-order valence-electron chi connectivity index (χ0n) is 18.0. The molecule has 0 saturated carbocycles. The molecular formula is C24H28ClN3O3. The summed E-state index contributed by atoms with van der Waals surface area (Å²) in [6.45, 7) is 3.79. The fourth-order valence-corrected chi connectivity index (χ4v) is 4.15. The van der Waals surface area contributed by atoms with Gasteiger partial charge < -0.3 is 14.8 Å². The SMILES string of the molecule is CCCCC(c1ncc(C(O)C(C)(C(=O)OC)c2ccncc2)[nH]1)c1ccccc1Cl. The normalized spacial score (nSPS) is 15.1. The van der Waals surface area contributed by atoms with E-state index in [2.05, 4.69) is 21.9 Å². The number of benzene rings is 1. The number of H-pyrrole nitrogens is 1. The van der Waals surface area contributed by atoms with Crippen molar-refractivity contribution in [2.45, 2.75) is 50.5 Å². The fraction of sp³-hybridized carbons (Fsp3) is 0.375. The molecule has 0 amide bonds. The van der Waals surface area contributed by atoms with E-state index in [4.69, 9.17) is 16.3 Å². The Morgan fingerprint density at radius 1 is 1.26 bits per heavy atom. The van der Waals surface area contributed by atoms with E-state index in [0.29, 0.717) is 22.1 Å². The van der Waals surface area contributed by atoms with Gasteiger partial charge in [0.05, 0.1) is 19.0 Å². The second-order valence-corrected chi connectivity index (χ2v) is 8.18. The van der Waals surface area contributed by atoms with Crippen LogP contribution >= 0.6 is 11.6 Å². The number of nitrogens with zero attached hydrogens (tertiary/aromatic N) is 2. The maximum atomic E-state index is 12.7. The quantitative estimate of drug-likeness (QED) is 0.459. The van der Waals surface area contributed by atoms with Crippen molar-refractivity contribution < 1.29 is 14.6 Å². The molecule has 3 unspecified atom stereocenters. The van der Waals surface area contributed by atoms with Crippen molar-refractivity contribution in [3.05, 3.63) is 82.7 Å². The molecule has 0 aliphatic carbocycles. The third-order valence-corrected chi connectivity index (χ3v) is 6.15. The van der Waals surface area contributed by atoms with Crippen molar-refractivity contribution in [3.63, 3.8) is 0 Å². The monoisotopic (exact) mass is 441 g/mol. The minimum atomic E-state index is -1.33. The largest absolute Gasteiger partial charge is 0.468 e. The molecule has 0 radical (unpaired) electrons. The number of aromatic nitrogens is 3. The van der Waals surface area contributed by atoms with Crippen molar-refractivity contribution >= 4 is 17.6 Å². The number of rotatable bonds is 9. The number of hydrogen-bond donors (Lipinski definition) is 2. The van der Waals surface area contributed by atoms with E-state index in [9.17, 15) is 9.90 Å². The third kappa shape index (κ3) is 4.65. The summed E-state index contributed by atoms with van der Waals surface area (Å²) in [4.78, 5) is 24.6. The van der Waals surface area contributed by atoms with Gasteiger partial charge in [-0.15, -0.1) is 0 Å². The second kappa shape index (κ2) is 10.1. The second-order valence-electron chi connectivity index (χ2n) is 7.77. The first-order valence-electron chi connectivity index (χ1n) is 10.4. The predicted molar refractivity (Wildman–Crippen MR) is 120 cm³/mol. The summed E-state index contributed by atoms with van der Waals surface area (Å²) in [5, 5.41) is 12.0. The van der Waals surface area contributed by atoms with Crippen LogP contribution in [0.15, 0.2) is 55.0 Å². The van der Waals surface area contributed by atoms with Gasteiger partial charge in [-0.05, 0) is 42.7 Å². The van der Waals surface area contributed by atoms with Crippen molar-refractivity contribution in [2.24, 2.45) is 0 Å². The Kier molecular flexibility index (Phi) is 7.46. The molecule has 0 spiro atoms. The van der Waals surface area contributed by atoms with Gasteiger partial charge in [0.25, 0.3) is 0 Å². The molecule has 3 atom stereocenters. The number of aromatic amines is 1. The van der Waals surface area contributed by atoms with Crippen LogP contribution in [0, 0.1) is 0 Å². The Hall–Kier alpha value is -2.70. The van der Waals surface area contributed by atoms with Gasteiger partial charge in [0.15, 0.2) is 0 Å². The van der Waals surface area contributed by atoms with E-state index in [-0.39, 0.29) is 5.92 Å². The van der Waals surface area contributed by atoms with Gasteiger partial charge in [0, 0.05) is 23.3 Å². The first-order valence-corrected chi connectivity index (χ1v) is 10.8. The molecule has 3 rings (SSSR count). The number of carbonyl (C=O) groups excluding carboxylic acids is 1. The molecule has 2 aromatic heterocycles. The molecule has 0 aliphatic rings. The molecule has 6 nitrogen and oxygen atoms in total. The number of ether oxygens (including phenoxy) is 1. The van der Waals surface area contributed by atoms with Gasteiger partial charge in [-0.25, -0.2) is 4.98 Å². The van der Waals surface area contributed by atoms with Crippen LogP contribution in [0.3, 0.4) is 0 Å². The van der Waals surface area contributed by atoms with E-state index < -0.39 is 17.5 Å². The number of hydrogen-bond acceptors (Lipinski definition) is 5. The molecule has 3 aromatic rings. The molecular weight excluding hydrogens is 414 g/mol. The number of nitrogens with one attached hydrogen (secondary N) is 1. The molecule has 164 valence electrons. The van der Waals surface area contributed by atoms with E-state index in [1.165, 1.54) is 7.11 Å². The van der Waals surface area contributed by atoms with Crippen LogP contribution < -0.4 is 0 Å². The predicted octanol–water partition coefficient (Wildman–Crippen LogP) is 4.94. The summed E-state index contributed by atoms with van der Waals surface area (Å²) in [6, 6.07) is 11.1. The Morgan fingerprint density at radius 2 is 1.97 bits per heavy atom. The lowest BCUT2D eigenvalue weighted by Crippen LogP contribution is -2.40. The molecule has 2 heterocycles. The van der Waals surface area contributed by atoms with Gasteiger partial charge >= 0.3 is 5.97 Å². The lowest BCUT2D eigenvalue weighted by atomic mass is 9.76. The van der Waals surface area contributed by atoms with E-state index >= 15 is 0 Å². The van der Waals surface area contributed by atoms with E-state index in [1.807, 2.05) is 24.3 Å². The van der Waals surface area contributed by atoms with Crippen molar-refractivity contribution in [3.8, 4) is 0 Å². The van der Waals surface area contributed by atoms with Crippen LogP contribution in [0.5, 0.6) is 0 Å². The fourth-order valence-electron chi connectivity index (χ4n) is 3.88. The molecule has 7 heteroatoms. The van der Waals surface area contributed by atoms with Gasteiger partial charge in [-0.2, -0.15) is 0 Å². The van der Waals surface area contributed by atoms with Crippen LogP contribution in [0.25, 0.3) is 0 Å². The highest BCUT2D eigenvalue weighted by atomic mass is 35.5. The molecule has 0 bridgehead atoms. The number of aliphatic hydroxyl groups is 1. The number of methoxy groups -OCH3 is 1. The molecule has 0 aliphatic heterocycles. The smallest absolute Gasteiger partial charge is 0.319 e. The summed E-state index contributed by atoms with van der Waals surface area (Å²) >= 11 is 6.47. The zero-order chi connectivity index (χ0) is 22.4. The van der Waals surface area contributed by atoms with Crippen LogP contribution in [0.1, 0.15) is 67.8 Å². The lowest BCUT2D eigenvalue weighted by molar-refractivity contribution is -0.152. The number of esters is 1. The number of imidazole rings is 1. The minimum Gasteiger partial charge on any atom is -0.468 e. The minimum absolute atomic E-state index is 0.0418. The van der Waals surface area contributed by atoms with E-state index in [1.54, 1.807) is 37.6 Å². The Balaban J connectivity index is 2.00. The molecule has 0 saturated heterocycles. The first kappa shape index (κ1) is 23.0. The average molecular weight is 442 g/mol. The van der Waals surface area contributed by atoms with Crippen LogP contribution in [-0.4, -0.2) is 33.1 Å². The van der Waals surface area contributed by atoms with Gasteiger partial charge in [-0.1, -0.05) is 49.6 Å². The first-order chi connectivity index (χ1) is 14.9. The summed E-state index contributed by atoms with van der Waals surface area (Å²) < 4.78 is 5.03. The number of pyridine rings is 1. The van der Waals surface area contributed by atoms with Gasteiger partial charge in [0.1, 0.15) is 17.3 Å². The number of unbranched alkanes of at least 4 members (excludes halogenated alkanes) is 1. The van der Waals surface area contributed by atoms with E-state index in [0.717, 1.165) is 24.8 Å². The molecule has 2 N–H and O–H groups in total. The van der Waals surface area contributed by atoms with Gasteiger partial charge in [-0.3, -0.25) is 9.78 Å². The van der Waals surface area contributed by atoms with Gasteiger partial charge in [0.2, 0.25) is 0 Å². The third-order valence-electron chi connectivity index (χ3n) is 5.80. The number of carbonyl (C=O) groups is 1. The average Bonchev–Trinajstić information content (AvgIpc) is 3.29.